The van der Waals surface area contributed by atoms with Crippen molar-refractivity contribution in [2.24, 2.45) is 5.92 Å². The molecule has 0 aromatic heterocycles. The van der Waals surface area contributed by atoms with Crippen molar-refractivity contribution in [1.29, 1.82) is 5.26 Å². The first-order chi connectivity index (χ1) is 15.0. The van der Waals surface area contributed by atoms with Crippen molar-refractivity contribution < 1.29 is 9.59 Å². The fourth-order valence-corrected chi connectivity index (χ4v) is 5.25. The van der Waals surface area contributed by atoms with E-state index in [2.05, 4.69) is 22.8 Å². The van der Waals surface area contributed by atoms with Crippen molar-refractivity contribution in [3.63, 3.8) is 0 Å². The highest BCUT2D eigenvalue weighted by Gasteiger charge is 2.50. The lowest BCUT2D eigenvalue weighted by atomic mass is 9.96. The molecular weight excluding hydrogens is 388 g/mol. The second-order valence-electron chi connectivity index (χ2n) is 9.16. The number of hydrogen-bond donors (Lipinski definition) is 2. The predicted molar refractivity (Wildman–Crippen MR) is 117 cm³/mol. The van der Waals surface area contributed by atoms with E-state index in [9.17, 15) is 14.9 Å². The smallest absolute Gasteiger partial charge is 0.254 e. The van der Waals surface area contributed by atoms with Gasteiger partial charge in [-0.05, 0) is 66.1 Å². The van der Waals surface area contributed by atoms with Gasteiger partial charge in [-0.1, -0.05) is 30.3 Å². The average Bonchev–Trinajstić information content (AvgIpc) is 3.48. The number of benzene rings is 2. The fourth-order valence-electron chi connectivity index (χ4n) is 5.25. The molecule has 5 rings (SSSR count). The summed E-state index contributed by atoms with van der Waals surface area (Å²) in [5.41, 5.74) is 4.51. The lowest BCUT2D eigenvalue weighted by Crippen LogP contribution is -2.55. The van der Waals surface area contributed by atoms with Crippen LogP contribution in [-0.2, 0) is 17.8 Å². The SMILES string of the molecule is CN1Cc2cc(-c3ccc(C[C@@H](C#N)NC(=O)C45CC[C@@H](CN4)C5)cc3)ccc2C1=O. The van der Waals surface area contributed by atoms with Crippen LogP contribution in [0.3, 0.4) is 0 Å². The van der Waals surface area contributed by atoms with Crippen LogP contribution in [0.15, 0.2) is 42.5 Å². The van der Waals surface area contributed by atoms with Crippen molar-refractivity contribution in [2.45, 2.75) is 43.8 Å². The van der Waals surface area contributed by atoms with Gasteiger partial charge in [0.2, 0.25) is 5.91 Å². The summed E-state index contributed by atoms with van der Waals surface area (Å²) in [7, 11) is 1.81. The molecule has 2 N–H and O–H groups in total. The van der Waals surface area contributed by atoms with E-state index in [1.165, 1.54) is 0 Å². The van der Waals surface area contributed by atoms with Gasteiger partial charge in [-0.25, -0.2) is 0 Å². The molecule has 0 spiro atoms. The number of fused-ring (bicyclic) bond motifs is 3. The number of piperidine rings is 1. The summed E-state index contributed by atoms with van der Waals surface area (Å²) in [6.07, 6.45) is 3.31. The number of nitriles is 1. The molecule has 2 aromatic rings. The monoisotopic (exact) mass is 414 g/mol. The predicted octanol–water partition coefficient (Wildman–Crippen LogP) is 2.63. The number of hydrogen-bond acceptors (Lipinski definition) is 4. The van der Waals surface area contributed by atoms with Crippen molar-refractivity contribution in [1.82, 2.24) is 15.5 Å². The zero-order chi connectivity index (χ0) is 21.6. The quantitative estimate of drug-likeness (QED) is 0.788. The number of carbonyl (C=O) groups excluding carboxylic acids is 2. The van der Waals surface area contributed by atoms with E-state index < -0.39 is 11.6 Å². The molecule has 2 fully saturated rings. The van der Waals surface area contributed by atoms with E-state index in [-0.39, 0.29) is 11.8 Å². The number of rotatable bonds is 5. The molecular formula is C25H26N4O2. The zero-order valence-corrected chi connectivity index (χ0v) is 17.6. The van der Waals surface area contributed by atoms with Gasteiger partial charge in [0.05, 0.1) is 11.6 Å². The molecule has 6 heteroatoms. The van der Waals surface area contributed by atoms with Crippen LogP contribution >= 0.6 is 0 Å². The van der Waals surface area contributed by atoms with Crippen LogP contribution in [0, 0.1) is 17.2 Å². The van der Waals surface area contributed by atoms with Crippen LogP contribution < -0.4 is 10.6 Å². The molecule has 2 aliphatic heterocycles. The van der Waals surface area contributed by atoms with E-state index in [0.717, 1.165) is 53.6 Å². The Morgan fingerprint density at radius 3 is 2.71 bits per heavy atom. The topological polar surface area (TPSA) is 85.2 Å². The van der Waals surface area contributed by atoms with Gasteiger partial charge in [-0.15, -0.1) is 0 Å². The molecule has 6 nitrogen and oxygen atoms in total. The largest absolute Gasteiger partial charge is 0.338 e. The molecule has 2 heterocycles. The Kier molecular flexibility index (Phi) is 4.79. The minimum Gasteiger partial charge on any atom is -0.338 e. The van der Waals surface area contributed by atoms with Gasteiger partial charge < -0.3 is 15.5 Å². The lowest BCUT2D eigenvalue weighted by molar-refractivity contribution is -0.127. The van der Waals surface area contributed by atoms with Gasteiger partial charge in [0, 0.05) is 25.6 Å². The van der Waals surface area contributed by atoms with E-state index in [0.29, 0.717) is 18.9 Å². The van der Waals surface area contributed by atoms with Gasteiger partial charge in [-0.2, -0.15) is 5.26 Å². The van der Waals surface area contributed by atoms with Gasteiger partial charge in [-0.3, -0.25) is 9.59 Å². The van der Waals surface area contributed by atoms with E-state index in [1.807, 2.05) is 43.4 Å². The molecule has 3 aliphatic rings. The van der Waals surface area contributed by atoms with Crippen molar-refractivity contribution in [3.8, 4) is 17.2 Å². The summed E-state index contributed by atoms with van der Waals surface area (Å²) in [5.74, 6) is 0.631. The number of nitrogens with zero attached hydrogens (tertiary/aromatic N) is 2. The maximum Gasteiger partial charge on any atom is 0.254 e. The standard InChI is InChI=1S/C25H26N4O2/c1-29-15-20-11-19(6-7-22(20)23(29)30)18-4-2-16(3-5-18)10-21(13-26)28-24(31)25-9-8-17(12-25)14-27-25/h2-7,11,17,21,27H,8-10,12,14-15H2,1H3,(H,28,31)/t17-,21+,25?/m1/s1. The van der Waals surface area contributed by atoms with Crippen molar-refractivity contribution >= 4 is 11.8 Å². The Labute approximate surface area is 182 Å². The van der Waals surface area contributed by atoms with Gasteiger partial charge in [0.25, 0.3) is 5.91 Å². The minimum atomic E-state index is -0.546. The van der Waals surface area contributed by atoms with Gasteiger partial charge >= 0.3 is 0 Å². The summed E-state index contributed by atoms with van der Waals surface area (Å²) in [6, 6.07) is 15.7. The second kappa shape index (κ2) is 7.51. The average molecular weight is 415 g/mol. The number of nitrogens with one attached hydrogen (secondary N) is 2. The Bertz CT molecular complexity index is 1080. The number of carbonyl (C=O) groups is 2. The molecule has 2 aromatic carbocycles. The normalized spacial score (nSPS) is 24.7. The summed E-state index contributed by atoms with van der Waals surface area (Å²) in [5, 5.41) is 15.9. The molecule has 1 saturated carbocycles. The van der Waals surface area contributed by atoms with Crippen LogP contribution in [0.2, 0.25) is 0 Å². The van der Waals surface area contributed by atoms with Crippen molar-refractivity contribution in [2.75, 3.05) is 13.6 Å². The first kappa shape index (κ1) is 19.8. The molecule has 1 unspecified atom stereocenters. The Morgan fingerprint density at radius 2 is 2.06 bits per heavy atom. The van der Waals surface area contributed by atoms with Crippen molar-refractivity contribution in [3.05, 3.63) is 59.2 Å². The van der Waals surface area contributed by atoms with E-state index in [1.54, 1.807) is 4.90 Å². The highest BCUT2D eigenvalue weighted by atomic mass is 16.2. The maximum atomic E-state index is 12.8. The third kappa shape index (κ3) is 3.49. The van der Waals surface area contributed by atoms with Crippen LogP contribution in [0.4, 0.5) is 0 Å². The van der Waals surface area contributed by atoms with Crippen LogP contribution in [0.1, 0.15) is 40.7 Å². The molecule has 2 amide bonds. The molecule has 0 radical (unpaired) electrons. The van der Waals surface area contributed by atoms with Gasteiger partial charge in [0.1, 0.15) is 6.04 Å². The molecule has 1 saturated heterocycles. The van der Waals surface area contributed by atoms with Crippen LogP contribution in [0.5, 0.6) is 0 Å². The highest BCUT2D eigenvalue weighted by Crippen LogP contribution is 2.40. The van der Waals surface area contributed by atoms with Gasteiger partial charge in [0.15, 0.2) is 0 Å². The van der Waals surface area contributed by atoms with Crippen LogP contribution in [0.25, 0.3) is 11.1 Å². The number of amides is 2. The molecule has 2 bridgehead atoms. The van der Waals surface area contributed by atoms with E-state index >= 15 is 0 Å². The Balaban J connectivity index is 1.26. The zero-order valence-electron chi connectivity index (χ0n) is 17.6. The van der Waals surface area contributed by atoms with Crippen LogP contribution in [-0.4, -0.2) is 41.9 Å². The summed E-state index contributed by atoms with van der Waals surface area (Å²) < 4.78 is 0. The molecule has 1 aliphatic carbocycles. The highest BCUT2D eigenvalue weighted by molar-refractivity contribution is 5.98. The first-order valence-corrected chi connectivity index (χ1v) is 10.9. The maximum absolute atomic E-state index is 12.8. The van der Waals surface area contributed by atoms with E-state index in [4.69, 9.17) is 0 Å². The Morgan fingerprint density at radius 1 is 1.29 bits per heavy atom. The molecule has 158 valence electrons. The molecule has 3 atom stereocenters. The fraction of sp³-hybridized carbons (Fsp3) is 0.400. The summed E-state index contributed by atoms with van der Waals surface area (Å²) in [6.45, 7) is 1.54. The summed E-state index contributed by atoms with van der Waals surface area (Å²) >= 11 is 0. The molecule has 31 heavy (non-hydrogen) atoms. The first-order valence-electron chi connectivity index (χ1n) is 10.9. The third-order valence-corrected chi connectivity index (χ3v) is 7.06. The third-order valence-electron chi connectivity index (χ3n) is 7.06. The second-order valence-corrected chi connectivity index (χ2v) is 9.16. The lowest BCUT2D eigenvalue weighted by Gasteiger charge is -2.27. The Hall–Kier alpha value is -3.17. The minimum absolute atomic E-state index is 0.0340. The summed E-state index contributed by atoms with van der Waals surface area (Å²) in [4.78, 5) is 26.6.